The van der Waals surface area contributed by atoms with Crippen LogP contribution in [-0.4, -0.2) is 23.5 Å². The van der Waals surface area contributed by atoms with Gasteiger partial charge in [-0.3, -0.25) is 14.4 Å². The number of H-pyrrole nitrogens is 1. The van der Waals surface area contributed by atoms with Gasteiger partial charge in [-0.2, -0.15) is 0 Å². The number of carbonyl (C=O) groups excluding carboxylic acids is 2. The molecule has 2 aliphatic rings. The van der Waals surface area contributed by atoms with E-state index in [2.05, 4.69) is 10.3 Å². The molecule has 122 valence electrons. The van der Waals surface area contributed by atoms with Gasteiger partial charge in [0.05, 0.1) is 0 Å². The van der Waals surface area contributed by atoms with Gasteiger partial charge in [-0.15, -0.1) is 0 Å². The number of aryl methyl sites for hydroxylation is 1. The first-order valence-corrected chi connectivity index (χ1v) is 7.62. The molecule has 1 aliphatic heterocycles. The van der Waals surface area contributed by atoms with E-state index in [1.807, 2.05) is 0 Å². The van der Waals surface area contributed by atoms with E-state index in [0.717, 1.165) is 0 Å². The molecule has 1 aliphatic carbocycles. The molecule has 0 radical (unpaired) electrons. The van der Waals surface area contributed by atoms with Gasteiger partial charge < -0.3 is 19.8 Å². The number of aromatic nitrogens is 1. The van der Waals surface area contributed by atoms with Crippen LogP contribution in [0, 0.1) is 0 Å². The van der Waals surface area contributed by atoms with Crippen molar-refractivity contribution in [1.82, 2.24) is 4.98 Å². The number of nitrogens with one attached hydrogen (secondary N) is 2. The average molecular weight is 326 g/mol. The molecule has 0 fully saturated rings. The summed E-state index contributed by atoms with van der Waals surface area (Å²) >= 11 is 0. The number of fused-ring (bicyclic) bond motifs is 2. The Bertz CT molecular complexity index is 916. The predicted octanol–water partition coefficient (Wildman–Crippen LogP) is 1.87. The molecule has 1 aromatic heterocycles. The zero-order valence-electron chi connectivity index (χ0n) is 12.7. The Morgan fingerprint density at radius 1 is 1.08 bits per heavy atom. The first kappa shape index (κ1) is 14.5. The number of benzene rings is 1. The van der Waals surface area contributed by atoms with Crippen LogP contribution in [0.1, 0.15) is 39.3 Å². The molecule has 0 unspecified atom stereocenters. The molecule has 2 heterocycles. The van der Waals surface area contributed by atoms with Gasteiger partial charge in [-0.25, -0.2) is 0 Å². The number of pyridine rings is 1. The summed E-state index contributed by atoms with van der Waals surface area (Å²) in [5.41, 5.74) is 0.934. The number of hydrogen-bond acceptors (Lipinski definition) is 5. The van der Waals surface area contributed by atoms with Crippen LogP contribution in [0.25, 0.3) is 0 Å². The average Bonchev–Trinajstić information content (AvgIpc) is 3.02. The van der Waals surface area contributed by atoms with Gasteiger partial charge in [-0.05, 0) is 31.0 Å². The number of aromatic amines is 1. The Kier molecular flexibility index (Phi) is 3.34. The minimum Gasteiger partial charge on any atom is -0.454 e. The number of anilines is 1. The highest BCUT2D eigenvalue weighted by Crippen LogP contribution is 2.34. The molecule has 2 N–H and O–H groups in total. The van der Waals surface area contributed by atoms with E-state index in [-0.39, 0.29) is 18.1 Å². The molecule has 1 aromatic carbocycles. The highest BCUT2D eigenvalue weighted by molar-refractivity contribution is 6.06. The van der Waals surface area contributed by atoms with E-state index >= 15 is 0 Å². The summed E-state index contributed by atoms with van der Waals surface area (Å²) in [6.45, 7) is 0.138. The van der Waals surface area contributed by atoms with E-state index in [1.165, 1.54) is 6.07 Å². The van der Waals surface area contributed by atoms with Gasteiger partial charge in [0.1, 0.15) is 5.56 Å². The lowest BCUT2D eigenvalue weighted by Crippen LogP contribution is -2.27. The van der Waals surface area contributed by atoms with Gasteiger partial charge in [0.15, 0.2) is 17.3 Å². The number of Topliss-reactive ketones (excluding diaryl/α,β-unsaturated/α-hetero) is 1. The Hall–Kier alpha value is -3.09. The van der Waals surface area contributed by atoms with Crippen molar-refractivity contribution in [2.45, 2.75) is 19.3 Å². The summed E-state index contributed by atoms with van der Waals surface area (Å²) in [7, 11) is 0. The third kappa shape index (κ3) is 2.44. The van der Waals surface area contributed by atoms with Crippen molar-refractivity contribution in [2.24, 2.45) is 0 Å². The SMILES string of the molecule is O=C1CCCc2[nH]c(=O)c(C(=O)Nc3ccc4c(c3)OCO4)cc21. The van der Waals surface area contributed by atoms with Crippen LogP contribution in [0.4, 0.5) is 5.69 Å². The fourth-order valence-electron chi connectivity index (χ4n) is 2.92. The minimum absolute atomic E-state index is 0.0513. The second kappa shape index (κ2) is 5.52. The number of carbonyl (C=O) groups is 2. The Labute approximate surface area is 136 Å². The van der Waals surface area contributed by atoms with Crippen LogP contribution in [0.2, 0.25) is 0 Å². The van der Waals surface area contributed by atoms with Crippen molar-refractivity contribution in [2.75, 3.05) is 12.1 Å². The summed E-state index contributed by atoms with van der Waals surface area (Å²) in [5, 5.41) is 2.64. The van der Waals surface area contributed by atoms with Gasteiger partial charge >= 0.3 is 0 Å². The van der Waals surface area contributed by atoms with Gasteiger partial charge in [-0.1, -0.05) is 0 Å². The van der Waals surface area contributed by atoms with E-state index in [1.54, 1.807) is 18.2 Å². The number of ketones is 1. The van der Waals surface area contributed by atoms with Crippen molar-refractivity contribution >= 4 is 17.4 Å². The summed E-state index contributed by atoms with van der Waals surface area (Å²) in [4.78, 5) is 39.2. The van der Waals surface area contributed by atoms with Gasteiger partial charge in [0.2, 0.25) is 6.79 Å². The quantitative estimate of drug-likeness (QED) is 0.878. The van der Waals surface area contributed by atoms with Crippen molar-refractivity contribution in [3.8, 4) is 11.5 Å². The largest absolute Gasteiger partial charge is 0.454 e. The number of rotatable bonds is 2. The Morgan fingerprint density at radius 3 is 2.79 bits per heavy atom. The second-order valence-corrected chi connectivity index (χ2v) is 5.70. The summed E-state index contributed by atoms with van der Waals surface area (Å²) in [6.07, 6.45) is 1.78. The predicted molar refractivity (Wildman–Crippen MR) is 84.8 cm³/mol. The molecule has 0 bridgehead atoms. The lowest BCUT2D eigenvalue weighted by molar-refractivity contribution is 0.0971. The molecule has 0 atom stereocenters. The summed E-state index contributed by atoms with van der Waals surface area (Å²) in [6, 6.07) is 6.34. The molecule has 0 saturated heterocycles. The maximum atomic E-state index is 12.4. The van der Waals surface area contributed by atoms with Crippen LogP contribution in [0.3, 0.4) is 0 Å². The van der Waals surface area contributed by atoms with E-state index in [9.17, 15) is 14.4 Å². The smallest absolute Gasteiger partial charge is 0.261 e. The van der Waals surface area contributed by atoms with Gasteiger partial charge in [0.25, 0.3) is 11.5 Å². The molecule has 1 amide bonds. The van der Waals surface area contributed by atoms with Crippen LogP contribution >= 0.6 is 0 Å². The molecule has 0 saturated carbocycles. The third-order valence-corrected chi connectivity index (χ3v) is 4.13. The van der Waals surface area contributed by atoms with Crippen molar-refractivity contribution in [3.05, 3.63) is 51.4 Å². The number of ether oxygens (including phenoxy) is 2. The topological polar surface area (TPSA) is 97.5 Å². The Morgan fingerprint density at radius 2 is 1.92 bits per heavy atom. The first-order valence-electron chi connectivity index (χ1n) is 7.62. The molecule has 0 spiro atoms. The zero-order valence-corrected chi connectivity index (χ0v) is 12.7. The molecule has 7 heteroatoms. The lowest BCUT2D eigenvalue weighted by Gasteiger charge is -2.15. The maximum Gasteiger partial charge on any atom is 0.261 e. The zero-order chi connectivity index (χ0) is 16.7. The third-order valence-electron chi connectivity index (χ3n) is 4.13. The summed E-state index contributed by atoms with van der Waals surface area (Å²) in [5.74, 6) is 0.508. The molecular formula is C17H14N2O5. The molecular weight excluding hydrogens is 312 g/mol. The molecule has 2 aromatic rings. The molecule has 4 rings (SSSR count). The fourth-order valence-corrected chi connectivity index (χ4v) is 2.92. The molecule has 24 heavy (non-hydrogen) atoms. The fraction of sp³-hybridized carbons (Fsp3) is 0.235. The highest BCUT2D eigenvalue weighted by atomic mass is 16.7. The number of amides is 1. The number of hydrogen-bond donors (Lipinski definition) is 2. The van der Waals surface area contributed by atoms with Crippen LogP contribution in [0.5, 0.6) is 11.5 Å². The highest BCUT2D eigenvalue weighted by Gasteiger charge is 2.22. The Balaban J connectivity index is 1.64. The standard InChI is InChI=1S/C17H14N2O5/c20-13-3-1-2-12-10(13)7-11(17(22)19-12)16(21)18-9-4-5-14-15(6-9)24-8-23-14/h4-7H,1-3,8H2,(H,18,21)(H,19,22). The second-order valence-electron chi connectivity index (χ2n) is 5.70. The summed E-state index contributed by atoms with van der Waals surface area (Å²) < 4.78 is 10.5. The minimum atomic E-state index is -0.573. The van der Waals surface area contributed by atoms with Crippen molar-refractivity contribution in [3.63, 3.8) is 0 Å². The van der Waals surface area contributed by atoms with Crippen LogP contribution in [-0.2, 0) is 6.42 Å². The van der Waals surface area contributed by atoms with Crippen molar-refractivity contribution < 1.29 is 19.1 Å². The van der Waals surface area contributed by atoms with Crippen LogP contribution in [0.15, 0.2) is 29.1 Å². The van der Waals surface area contributed by atoms with E-state index in [4.69, 9.17) is 9.47 Å². The molecule has 7 nitrogen and oxygen atoms in total. The van der Waals surface area contributed by atoms with E-state index in [0.29, 0.717) is 47.7 Å². The maximum absolute atomic E-state index is 12.4. The normalized spacial score (nSPS) is 15.1. The van der Waals surface area contributed by atoms with Crippen LogP contribution < -0.4 is 20.3 Å². The van der Waals surface area contributed by atoms with E-state index < -0.39 is 11.5 Å². The first-order chi connectivity index (χ1) is 11.6. The van der Waals surface area contributed by atoms with Gasteiger partial charge in [0, 0.05) is 29.4 Å². The van der Waals surface area contributed by atoms with Crippen molar-refractivity contribution in [1.29, 1.82) is 0 Å². The lowest BCUT2D eigenvalue weighted by atomic mass is 9.93. The monoisotopic (exact) mass is 326 g/mol.